The van der Waals surface area contributed by atoms with Crippen molar-refractivity contribution < 1.29 is 9.53 Å². The van der Waals surface area contributed by atoms with E-state index in [-0.39, 0.29) is 11.8 Å². The lowest BCUT2D eigenvalue weighted by atomic mass is 10.1. The molecular formula is C22H19Cl2N3O2S. The van der Waals surface area contributed by atoms with Crippen molar-refractivity contribution in [3.05, 3.63) is 62.4 Å². The van der Waals surface area contributed by atoms with Gasteiger partial charge in [-0.05, 0) is 44.0 Å². The lowest BCUT2D eigenvalue weighted by Gasteiger charge is -2.37. The van der Waals surface area contributed by atoms with E-state index < -0.39 is 0 Å². The van der Waals surface area contributed by atoms with E-state index in [1.165, 1.54) is 24.2 Å². The third kappa shape index (κ3) is 3.64. The molecule has 0 radical (unpaired) electrons. The van der Waals surface area contributed by atoms with Crippen molar-refractivity contribution in [2.24, 2.45) is 0 Å². The molecule has 0 unspecified atom stereocenters. The molecule has 0 spiro atoms. The fraction of sp³-hybridized carbons (Fsp3) is 0.273. The maximum absolute atomic E-state index is 13.6. The molecule has 2 heterocycles. The van der Waals surface area contributed by atoms with Crippen LogP contribution in [0.3, 0.4) is 0 Å². The fourth-order valence-electron chi connectivity index (χ4n) is 3.75. The number of halogens is 2. The van der Waals surface area contributed by atoms with Crippen LogP contribution in [0.2, 0.25) is 10.0 Å². The van der Waals surface area contributed by atoms with Crippen molar-refractivity contribution in [3.8, 4) is 11.6 Å². The standard InChI is InChI=1S/C22H19Cl2N3O2S/c1-13-25-21(29-19-12-14(23)6-9-16(19)24)20(30-13)22(28)27-11-10-26(15-7-8-15)17-4-2-3-5-18(17)27/h2-6,9,12,15H,7-8,10-11H2,1H3. The van der Waals surface area contributed by atoms with E-state index in [0.29, 0.717) is 33.3 Å². The molecule has 30 heavy (non-hydrogen) atoms. The Morgan fingerprint density at radius 2 is 1.90 bits per heavy atom. The number of hydrogen-bond acceptors (Lipinski definition) is 5. The number of fused-ring (bicyclic) bond motifs is 1. The Balaban J connectivity index is 1.48. The van der Waals surface area contributed by atoms with E-state index in [1.54, 1.807) is 18.2 Å². The molecule has 1 aliphatic heterocycles. The van der Waals surface area contributed by atoms with Crippen LogP contribution < -0.4 is 14.5 Å². The SMILES string of the molecule is Cc1nc(Oc2cc(Cl)ccc2Cl)c(C(=O)N2CCN(C3CC3)c3ccccc32)s1. The van der Waals surface area contributed by atoms with Gasteiger partial charge in [0.1, 0.15) is 5.75 Å². The Bertz CT molecular complexity index is 1130. The van der Waals surface area contributed by atoms with Gasteiger partial charge in [-0.25, -0.2) is 4.98 Å². The number of benzene rings is 2. The third-order valence-corrected chi connectivity index (χ3v) is 6.76. The molecule has 3 aromatic rings. The molecule has 8 heteroatoms. The zero-order chi connectivity index (χ0) is 20.8. The first-order valence-electron chi connectivity index (χ1n) is 9.79. The number of carbonyl (C=O) groups is 1. The highest BCUT2D eigenvalue weighted by Gasteiger charge is 2.36. The van der Waals surface area contributed by atoms with Crippen LogP contribution in [0, 0.1) is 6.92 Å². The molecule has 1 fully saturated rings. The topological polar surface area (TPSA) is 45.7 Å². The van der Waals surface area contributed by atoms with Crippen molar-refractivity contribution in [2.45, 2.75) is 25.8 Å². The number of aryl methyl sites for hydroxylation is 1. The van der Waals surface area contributed by atoms with E-state index in [4.69, 9.17) is 27.9 Å². The van der Waals surface area contributed by atoms with Gasteiger partial charge in [-0.2, -0.15) is 0 Å². The predicted molar refractivity (Wildman–Crippen MR) is 122 cm³/mol. The number of hydrogen-bond donors (Lipinski definition) is 0. The summed E-state index contributed by atoms with van der Waals surface area (Å²) in [4.78, 5) is 22.7. The molecule has 5 rings (SSSR count). The summed E-state index contributed by atoms with van der Waals surface area (Å²) in [5, 5.41) is 1.66. The zero-order valence-electron chi connectivity index (χ0n) is 16.3. The maximum Gasteiger partial charge on any atom is 0.274 e. The number of nitrogens with zero attached hydrogens (tertiary/aromatic N) is 3. The number of thiazole rings is 1. The Kier molecular flexibility index (Phi) is 5.09. The van der Waals surface area contributed by atoms with Gasteiger partial charge >= 0.3 is 0 Å². The summed E-state index contributed by atoms with van der Waals surface area (Å²) in [7, 11) is 0. The minimum absolute atomic E-state index is 0.114. The summed E-state index contributed by atoms with van der Waals surface area (Å²) in [6.07, 6.45) is 2.43. The highest BCUT2D eigenvalue weighted by Crippen LogP contribution is 2.42. The molecule has 2 aromatic carbocycles. The van der Waals surface area contributed by atoms with Gasteiger partial charge < -0.3 is 14.5 Å². The Morgan fingerprint density at radius 3 is 2.67 bits per heavy atom. The molecule has 2 aliphatic rings. The van der Waals surface area contributed by atoms with Crippen LogP contribution >= 0.6 is 34.5 Å². The number of rotatable bonds is 4. The summed E-state index contributed by atoms with van der Waals surface area (Å²) >= 11 is 13.6. The Labute approximate surface area is 188 Å². The van der Waals surface area contributed by atoms with Gasteiger partial charge in [0.15, 0.2) is 4.88 Å². The van der Waals surface area contributed by atoms with E-state index in [0.717, 1.165) is 22.9 Å². The van der Waals surface area contributed by atoms with Crippen molar-refractivity contribution in [1.29, 1.82) is 0 Å². The van der Waals surface area contributed by atoms with Gasteiger partial charge in [0.05, 0.1) is 21.4 Å². The molecule has 0 bridgehead atoms. The van der Waals surface area contributed by atoms with Gasteiger partial charge in [-0.15, -0.1) is 11.3 Å². The van der Waals surface area contributed by atoms with Gasteiger partial charge in [0.25, 0.3) is 5.91 Å². The van der Waals surface area contributed by atoms with Gasteiger partial charge in [0, 0.05) is 30.2 Å². The minimum Gasteiger partial charge on any atom is -0.436 e. The minimum atomic E-state index is -0.114. The number of para-hydroxylation sites is 2. The maximum atomic E-state index is 13.6. The summed E-state index contributed by atoms with van der Waals surface area (Å²) in [6.45, 7) is 3.30. The first-order chi connectivity index (χ1) is 14.5. The van der Waals surface area contributed by atoms with Gasteiger partial charge in [-0.3, -0.25) is 4.79 Å². The van der Waals surface area contributed by atoms with Crippen LogP contribution in [0.15, 0.2) is 42.5 Å². The number of ether oxygens (including phenoxy) is 1. The van der Waals surface area contributed by atoms with E-state index >= 15 is 0 Å². The number of amides is 1. The number of carbonyl (C=O) groups excluding carboxylic acids is 1. The first kappa shape index (κ1) is 19.7. The summed E-state index contributed by atoms with van der Waals surface area (Å²) < 4.78 is 5.94. The van der Waals surface area contributed by atoms with Crippen LogP contribution in [0.1, 0.15) is 27.5 Å². The molecule has 5 nitrogen and oxygen atoms in total. The van der Waals surface area contributed by atoms with Crippen LogP contribution in [0.5, 0.6) is 11.6 Å². The van der Waals surface area contributed by atoms with Gasteiger partial charge in [-0.1, -0.05) is 35.3 Å². The normalized spacial score (nSPS) is 15.8. The molecule has 1 amide bonds. The molecule has 0 atom stereocenters. The monoisotopic (exact) mass is 459 g/mol. The molecule has 0 N–H and O–H groups in total. The predicted octanol–water partition coefficient (Wildman–Crippen LogP) is 6.18. The lowest BCUT2D eigenvalue weighted by Crippen LogP contribution is -2.44. The van der Waals surface area contributed by atoms with Crippen LogP contribution in [-0.2, 0) is 0 Å². The molecule has 0 saturated heterocycles. The van der Waals surface area contributed by atoms with Crippen LogP contribution in [-0.4, -0.2) is 30.0 Å². The largest absolute Gasteiger partial charge is 0.436 e. The summed E-state index contributed by atoms with van der Waals surface area (Å²) in [5.74, 6) is 0.521. The number of aromatic nitrogens is 1. The van der Waals surface area contributed by atoms with Crippen molar-refractivity contribution in [2.75, 3.05) is 22.9 Å². The van der Waals surface area contributed by atoms with Crippen LogP contribution in [0.25, 0.3) is 0 Å². The Hall–Kier alpha value is -2.28. The smallest absolute Gasteiger partial charge is 0.274 e. The molecule has 1 aromatic heterocycles. The fourth-order valence-corrected chi connectivity index (χ4v) is 4.87. The summed E-state index contributed by atoms with van der Waals surface area (Å²) in [5.41, 5.74) is 2.04. The highest BCUT2D eigenvalue weighted by molar-refractivity contribution is 7.14. The van der Waals surface area contributed by atoms with Crippen molar-refractivity contribution in [1.82, 2.24) is 4.98 Å². The lowest BCUT2D eigenvalue weighted by molar-refractivity contribution is 0.0988. The first-order valence-corrected chi connectivity index (χ1v) is 11.4. The Morgan fingerprint density at radius 1 is 1.13 bits per heavy atom. The van der Waals surface area contributed by atoms with Gasteiger partial charge in [0.2, 0.25) is 5.88 Å². The summed E-state index contributed by atoms with van der Waals surface area (Å²) in [6, 6.07) is 13.6. The average Bonchev–Trinajstić information content (AvgIpc) is 3.52. The van der Waals surface area contributed by atoms with E-state index in [9.17, 15) is 4.79 Å². The zero-order valence-corrected chi connectivity index (χ0v) is 18.6. The van der Waals surface area contributed by atoms with E-state index in [2.05, 4.69) is 16.0 Å². The average molecular weight is 460 g/mol. The van der Waals surface area contributed by atoms with Crippen molar-refractivity contribution >= 4 is 51.8 Å². The number of anilines is 2. The second-order valence-corrected chi connectivity index (χ2v) is 9.46. The second-order valence-electron chi connectivity index (χ2n) is 7.41. The van der Waals surface area contributed by atoms with Crippen LogP contribution in [0.4, 0.5) is 11.4 Å². The molecular weight excluding hydrogens is 441 g/mol. The second kappa shape index (κ2) is 7.76. The molecule has 154 valence electrons. The quantitative estimate of drug-likeness (QED) is 0.467. The van der Waals surface area contributed by atoms with Crippen molar-refractivity contribution in [3.63, 3.8) is 0 Å². The third-order valence-electron chi connectivity index (χ3n) is 5.28. The molecule has 1 saturated carbocycles. The highest BCUT2D eigenvalue weighted by atomic mass is 35.5. The molecule has 1 aliphatic carbocycles. The van der Waals surface area contributed by atoms with E-state index in [1.807, 2.05) is 30.0 Å².